The molecule has 0 N–H and O–H groups in total. The van der Waals surface area contributed by atoms with Crippen LogP contribution in [0.1, 0.15) is 24.2 Å². The van der Waals surface area contributed by atoms with Crippen molar-refractivity contribution in [2.24, 2.45) is 0 Å². The van der Waals surface area contributed by atoms with Crippen molar-refractivity contribution in [1.29, 1.82) is 0 Å². The van der Waals surface area contributed by atoms with Gasteiger partial charge in [-0.15, -0.1) is 0 Å². The zero-order chi connectivity index (χ0) is 14.0. The van der Waals surface area contributed by atoms with Crippen molar-refractivity contribution in [3.05, 3.63) is 23.8 Å². The van der Waals surface area contributed by atoms with Gasteiger partial charge in [-0.3, -0.25) is 4.79 Å². The molecule has 1 unspecified atom stereocenters. The smallest absolute Gasteiger partial charge is 0.349 e. The molecule has 2 rings (SSSR count). The summed E-state index contributed by atoms with van der Waals surface area (Å²) < 4.78 is 10.6. The van der Waals surface area contributed by atoms with E-state index in [-0.39, 0.29) is 11.8 Å². The van der Waals surface area contributed by atoms with E-state index in [1.807, 2.05) is 11.9 Å². The Morgan fingerprint density at radius 3 is 2.84 bits per heavy atom. The second-order valence-electron chi connectivity index (χ2n) is 4.48. The zero-order valence-electron chi connectivity index (χ0n) is 11.3. The van der Waals surface area contributed by atoms with Gasteiger partial charge in [0, 0.05) is 12.6 Å². The van der Waals surface area contributed by atoms with Crippen LogP contribution in [-0.2, 0) is 9.53 Å². The van der Waals surface area contributed by atoms with Crippen molar-refractivity contribution >= 4 is 17.4 Å². The van der Waals surface area contributed by atoms with Gasteiger partial charge in [-0.25, -0.2) is 4.79 Å². The topological polar surface area (TPSA) is 55.8 Å². The van der Waals surface area contributed by atoms with Crippen LogP contribution in [0.25, 0.3) is 0 Å². The monoisotopic (exact) mass is 263 g/mol. The number of likely N-dealkylation sites (N-methyl/N-ethyl adjacent to an activating group) is 1. The molecule has 1 aromatic rings. The number of carbonyl (C=O) groups excluding carboxylic acids is 2. The molecule has 102 valence electrons. The fraction of sp³-hybridized carbons (Fsp3) is 0.429. The Hall–Kier alpha value is -2.04. The van der Waals surface area contributed by atoms with Crippen LogP contribution in [-0.4, -0.2) is 38.1 Å². The minimum absolute atomic E-state index is 0.00344. The summed E-state index contributed by atoms with van der Waals surface area (Å²) in [7, 11) is 1.86. The van der Waals surface area contributed by atoms with Crippen molar-refractivity contribution in [2.75, 3.05) is 25.1 Å². The van der Waals surface area contributed by atoms with E-state index in [2.05, 4.69) is 0 Å². The molecule has 0 amide bonds. The molecule has 1 atom stereocenters. The summed E-state index contributed by atoms with van der Waals surface area (Å²) in [6.45, 7) is 4.02. The maximum absolute atomic E-state index is 11.7. The van der Waals surface area contributed by atoms with Gasteiger partial charge in [0.05, 0.1) is 18.8 Å². The normalized spacial score (nSPS) is 17.4. The number of ketones is 1. The van der Waals surface area contributed by atoms with Gasteiger partial charge >= 0.3 is 5.97 Å². The van der Waals surface area contributed by atoms with E-state index in [0.717, 1.165) is 5.69 Å². The SMILES string of the molecule is CCOC(=O)C1CN(C)c2cc(C(C)=O)ccc2O1. The summed E-state index contributed by atoms with van der Waals surface area (Å²) in [4.78, 5) is 25.0. The molecular weight excluding hydrogens is 246 g/mol. The molecule has 5 nitrogen and oxygen atoms in total. The Balaban J connectivity index is 2.25. The zero-order valence-corrected chi connectivity index (χ0v) is 11.3. The molecule has 1 heterocycles. The van der Waals surface area contributed by atoms with E-state index in [1.54, 1.807) is 25.1 Å². The quantitative estimate of drug-likeness (QED) is 0.613. The molecule has 5 heteroatoms. The number of rotatable bonds is 3. The van der Waals surface area contributed by atoms with Crippen LogP contribution in [0.4, 0.5) is 5.69 Å². The molecule has 1 aliphatic heterocycles. The first-order valence-corrected chi connectivity index (χ1v) is 6.22. The second-order valence-corrected chi connectivity index (χ2v) is 4.48. The van der Waals surface area contributed by atoms with Crippen molar-refractivity contribution in [3.63, 3.8) is 0 Å². The third kappa shape index (κ3) is 2.70. The fourth-order valence-corrected chi connectivity index (χ4v) is 2.03. The average molecular weight is 263 g/mol. The van der Waals surface area contributed by atoms with Crippen LogP contribution in [0, 0.1) is 0 Å². The van der Waals surface area contributed by atoms with Crippen LogP contribution in [0.5, 0.6) is 5.75 Å². The average Bonchev–Trinajstić information content (AvgIpc) is 2.38. The van der Waals surface area contributed by atoms with Crippen molar-refractivity contribution in [3.8, 4) is 5.75 Å². The summed E-state index contributed by atoms with van der Waals surface area (Å²) in [5.74, 6) is 0.233. The van der Waals surface area contributed by atoms with E-state index in [4.69, 9.17) is 9.47 Å². The van der Waals surface area contributed by atoms with Crippen LogP contribution < -0.4 is 9.64 Å². The first kappa shape index (κ1) is 13.4. The van der Waals surface area contributed by atoms with Crippen LogP contribution in [0.3, 0.4) is 0 Å². The summed E-state index contributed by atoms with van der Waals surface area (Å²) in [5, 5.41) is 0. The molecule has 0 spiro atoms. The number of hydrogen-bond acceptors (Lipinski definition) is 5. The molecule has 1 aromatic carbocycles. The minimum Gasteiger partial charge on any atom is -0.475 e. The highest BCUT2D eigenvalue weighted by Gasteiger charge is 2.30. The Morgan fingerprint density at radius 1 is 1.47 bits per heavy atom. The first-order valence-electron chi connectivity index (χ1n) is 6.22. The molecule has 0 radical (unpaired) electrons. The molecular formula is C14H17NO4. The van der Waals surface area contributed by atoms with E-state index < -0.39 is 6.10 Å². The standard InChI is InChI=1S/C14H17NO4/c1-4-18-14(17)13-8-15(3)11-7-10(9(2)16)5-6-12(11)19-13/h5-7,13H,4,8H2,1-3H3. The maximum atomic E-state index is 11.7. The van der Waals surface area contributed by atoms with Crippen LogP contribution in [0.2, 0.25) is 0 Å². The number of hydrogen-bond donors (Lipinski definition) is 0. The number of nitrogens with zero attached hydrogens (tertiary/aromatic N) is 1. The Bertz CT molecular complexity index is 512. The third-order valence-electron chi connectivity index (χ3n) is 3.04. The van der Waals surface area contributed by atoms with Crippen LogP contribution in [0.15, 0.2) is 18.2 Å². The van der Waals surface area contributed by atoms with Gasteiger partial charge in [0.25, 0.3) is 0 Å². The summed E-state index contributed by atoms with van der Waals surface area (Å²) in [6.07, 6.45) is -0.624. The Kier molecular flexibility index (Phi) is 3.74. The number of Topliss-reactive ketones (excluding diaryl/α,β-unsaturated/α-hetero) is 1. The summed E-state index contributed by atoms with van der Waals surface area (Å²) in [5.41, 5.74) is 1.44. The molecule has 19 heavy (non-hydrogen) atoms. The van der Waals surface area contributed by atoms with Gasteiger partial charge < -0.3 is 14.4 Å². The Morgan fingerprint density at radius 2 is 2.21 bits per heavy atom. The lowest BCUT2D eigenvalue weighted by Crippen LogP contribution is -2.43. The molecule has 0 bridgehead atoms. The number of ether oxygens (including phenoxy) is 2. The van der Waals surface area contributed by atoms with Crippen LogP contribution >= 0.6 is 0 Å². The lowest BCUT2D eigenvalue weighted by Gasteiger charge is -2.32. The van der Waals surface area contributed by atoms with Crippen molar-refractivity contribution in [2.45, 2.75) is 20.0 Å². The number of fused-ring (bicyclic) bond motifs is 1. The minimum atomic E-state index is -0.624. The molecule has 0 aromatic heterocycles. The van der Waals surface area contributed by atoms with E-state index >= 15 is 0 Å². The Labute approximate surface area is 112 Å². The van der Waals surface area contributed by atoms with E-state index in [0.29, 0.717) is 24.5 Å². The third-order valence-corrected chi connectivity index (χ3v) is 3.04. The van der Waals surface area contributed by atoms with Crippen molar-refractivity contribution < 1.29 is 19.1 Å². The highest BCUT2D eigenvalue weighted by Crippen LogP contribution is 2.33. The van der Waals surface area contributed by atoms with Gasteiger partial charge in [0.15, 0.2) is 5.78 Å². The summed E-state index contributed by atoms with van der Waals surface area (Å²) >= 11 is 0. The fourth-order valence-electron chi connectivity index (χ4n) is 2.03. The predicted molar refractivity (Wildman–Crippen MR) is 70.8 cm³/mol. The van der Waals surface area contributed by atoms with E-state index in [1.165, 1.54) is 6.92 Å². The highest BCUT2D eigenvalue weighted by atomic mass is 16.6. The lowest BCUT2D eigenvalue weighted by atomic mass is 10.1. The number of benzene rings is 1. The van der Waals surface area contributed by atoms with Gasteiger partial charge in [0.1, 0.15) is 5.75 Å². The molecule has 0 fully saturated rings. The predicted octanol–water partition coefficient (Wildman–Crippen LogP) is 1.65. The van der Waals surface area contributed by atoms with Gasteiger partial charge in [-0.2, -0.15) is 0 Å². The molecule has 0 saturated heterocycles. The van der Waals surface area contributed by atoms with Gasteiger partial charge in [0.2, 0.25) is 6.10 Å². The molecule has 1 aliphatic rings. The molecule has 0 aliphatic carbocycles. The van der Waals surface area contributed by atoms with Crippen molar-refractivity contribution in [1.82, 2.24) is 0 Å². The molecule has 0 saturated carbocycles. The van der Waals surface area contributed by atoms with Gasteiger partial charge in [-0.1, -0.05) is 0 Å². The highest BCUT2D eigenvalue weighted by molar-refractivity contribution is 5.95. The second kappa shape index (κ2) is 5.30. The maximum Gasteiger partial charge on any atom is 0.349 e. The first-order chi connectivity index (χ1) is 9.02. The lowest BCUT2D eigenvalue weighted by molar-refractivity contribution is -0.151. The summed E-state index contributed by atoms with van der Waals surface area (Å²) in [6, 6.07) is 5.19. The van der Waals surface area contributed by atoms with Gasteiger partial charge in [-0.05, 0) is 32.0 Å². The number of esters is 1. The van der Waals surface area contributed by atoms with E-state index in [9.17, 15) is 9.59 Å². The number of anilines is 1. The largest absolute Gasteiger partial charge is 0.475 e. The number of carbonyl (C=O) groups is 2.